The van der Waals surface area contributed by atoms with E-state index < -0.39 is 117 Å². The minimum Gasteiger partial charge on any atom is -0.507 e. The molecule has 0 bridgehead atoms. The zero-order valence-corrected chi connectivity index (χ0v) is 36.1. The van der Waals surface area contributed by atoms with Crippen molar-refractivity contribution >= 4 is 108 Å². The smallest absolute Gasteiger partial charge is 0.444 e. The molecule has 6 rings (SSSR count). The third-order valence-electron chi connectivity index (χ3n) is 8.51. The first-order valence-corrected chi connectivity index (χ1v) is 24.6. The van der Waals surface area contributed by atoms with E-state index in [0.29, 0.717) is 18.2 Å². The van der Waals surface area contributed by atoms with Gasteiger partial charge in [-0.05, 0) is 82.1 Å². The normalized spacial score (nSPS) is 12.7. The SMILES string of the molecule is NC(=O)c1cc[n+](-c2nc(Nc3ccc(S(=O)(=O)CCOS(=O)(=O)O)cc3)nc(Nc3ccc(S(=O)(=O)O)c(N=Nc4c(N)c(S(=O)(=O)O)cc5cc(S(=O)(=O)O)cc(O)c45)c3)n2)cc1. The van der Waals surface area contributed by atoms with Crippen molar-refractivity contribution in [3.05, 3.63) is 90.8 Å². The Morgan fingerprint density at radius 2 is 1.28 bits per heavy atom. The van der Waals surface area contributed by atoms with Crippen molar-refractivity contribution in [2.24, 2.45) is 16.0 Å². The largest absolute Gasteiger partial charge is 0.507 e. The van der Waals surface area contributed by atoms with Gasteiger partial charge in [0.2, 0.25) is 5.91 Å². The zero-order valence-electron chi connectivity index (χ0n) is 32.0. The number of benzene rings is 4. The maximum Gasteiger partial charge on any atom is 0.444 e. The number of carbonyl (C=O) groups excluding carboxylic acids is 1. The number of anilines is 5. The van der Waals surface area contributed by atoms with Crippen molar-refractivity contribution in [1.82, 2.24) is 15.0 Å². The molecule has 32 heteroatoms. The summed E-state index contributed by atoms with van der Waals surface area (Å²) < 4.78 is 164. The van der Waals surface area contributed by atoms with Crippen molar-refractivity contribution in [3.8, 4) is 11.7 Å². The van der Waals surface area contributed by atoms with Gasteiger partial charge in [-0.2, -0.15) is 33.7 Å². The fourth-order valence-electron chi connectivity index (χ4n) is 5.61. The molecule has 0 fully saturated rings. The average Bonchev–Trinajstić information content (AvgIpc) is 3.19. The number of phenolic OH excluding ortho intramolecular Hbond substituents is 1. The quantitative estimate of drug-likeness (QED) is 0.0289. The fraction of sp³-hybridized carbons (Fsp3) is 0.0606. The number of hydrogen-bond donors (Lipinski definition) is 9. The topological polar surface area (TPSA) is 442 Å². The van der Waals surface area contributed by atoms with Gasteiger partial charge in [0.05, 0.1) is 45.6 Å². The number of nitrogens with one attached hydrogen (secondary N) is 2. The average molecular weight is 998 g/mol. The van der Waals surface area contributed by atoms with Gasteiger partial charge in [-0.25, -0.2) is 17.2 Å². The lowest BCUT2D eigenvalue weighted by Gasteiger charge is -2.12. The Morgan fingerprint density at radius 3 is 1.83 bits per heavy atom. The van der Waals surface area contributed by atoms with E-state index in [0.717, 1.165) is 30.3 Å². The summed E-state index contributed by atoms with van der Waals surface area (Å²) in [7, 11) is -24.3. The summed E-state index contributed by atoms with van der Waals surface area (Å²) in [5.41, 5.74) is 9.29. The predicted octanol–water partition coefficient (Wildman–Crippen LogP) is 1.92. The number of nitrogens with two attached hydrogens (primary N) is 2. The van der Waals surface area contributed by atoms with E-state index >= 15 is 0 Å². The number of fused-ring (bicyclic) bond motifs is 1. The van der Waals surface area contributed by atoms with Gasteiger partial charge in [-0.3, -0.25) is 23.0 Å². The van der Waals surface area contributed by atoms with Crippen LogP contribution in [-0.4, -0.2) is 98.6 Å². The molecule has 2 aromatic heterocycles. The molecular formula is C33H29N10O17S5+. The summed E-state index contributed by atoms with van der Waals surface area (Å²) in [5.74, 6) is -3.13. The zero-order chi connectivity index (χ0) is 47.9. The van der Waals surface area contributed by atoms with Gasteiger partial charge < -0.3 is 27.2 Å². The molecule has 0 spiro atoms. The van der Waals surface area contributed by atoms with Crippen LogP contribution in [0.5, 0.6) is 5.75 Å². The molecule has 65 heavy (non-hydrogen) atoms. The Balaban J connectivity index is 1.41. The minimum atomic E-state index is -5.20. The molecule has 1 amide bonds. The van der Waals surface area contributed by atoms with E-state index in [1.807, 2.05) is 0 Å². The van der Waals surface area contributed by atoms with Crippen molar-refractivity contribution in [2.75, 3.05) is 28.7 Å². The molecule has 27 nitrogen and oxygen atoms in total. The summed E-state index contributed by atoms with van der Waals surface area (Å²) in [6.45, 7) is -0.866. The van der Waals surface area contributed by atoms with Crippen molar-refractivity contribution in [2.45, 2.75) is 19.6 Å². The van der Waals surface area contributed by atoms with Crippen LogP contribution >= 0.6 is 0 Å². The Kier molecular flexibility index (Phi) is 12.9. The predicted molar refractivity (Wildman–Crippen MR) is 223 cm³/mol. The van der Waals surface area contributed by atoms with E-state index in [2.05, 4.69) is 40.0 Å². The van der Waals surface area contributed by atoms with Gasteiger partial charge in [0.25, 0.3) is 30.4 Å². The number of sulfone groups is 1. The summed E-state index contributed by atoms with van der Waals surface area (Å²) in [5, 5.41) is 23.1. The maximum atomic E-state index is 12.7. The number of amides is 1. The van der Waals surface area contributed by atoms with Crippen LogP contribution in [0.2, 0.25) is 0 Å². The number of carbonyl (C=O) groups is 1. The molecule has 0 atom stereocenters. The summed E-state index contributed by atoms with van der Waals surface area (Å²) in [4.78, 5) is 21.5. The van der Waals surface area contributed by atoms with Gasteiger partial charge in [0, 0.05) is 23.0 Å². The first-order chi connectivity index (χ1) is 30.1. The molecule has 0 saturated carbocycles. The Morgan fingerprint density at radius 1 is 0.692 bits per heavy atom. The lowest BCUT2D eigenvalue weighted by molar-refractivity contribution is -0.603. The van der Waals surface area contributed by atoms with Gasteiger partial charge >= 0.3 is 28.2 Å². The molecular weight excluding hydrogens is 969 g/mol. The number of nitrogens with zero attached hydrogens (tertiary/aromatic N) is 6. The molecule has 2 heterocycles. The van der Waals surface area contributed by atoms with Gasteiger partial charge in [-0.15, -0.1) is 15.2 Å². The number of aromatic nitrogens is 4. The number of azo groups is 1. The van der Waals surface area contributed by atoms with E-state index in [1.54, 1.807) is 0 Å². The third kappa shape index (κ3) is 11.4. The van der Waals surface area contributed by atoms with E-state index in [9.17, 15) is 65.6 Å². The lowest BCUT2D eigenvalue weighted by atomic mass is 10.1. The van der Waals surface area contributed by atoms with Crippen molar-refractivity contribution < 1.29 is 79.0 Å². The van der Waals surface area contributed by atoms with Crippen LogP contribution < -0.4 is 26.7 Å². The fourth-order valence-corrected chi connectivity index (χ4v) is 8.89. The van der Waals surface area contributed by atoms with Crippen molar-refractivity contribution in [1.29, 1.82) is 0 Å². The highest BCUT2D eigenvalue weighted by molar-refractivity contribution is 7.91. The number of rotatable bonds is 16. The number of aromatic hydroxyl groups is 1. The number of nitrogen functional groups attached to an aromatic ring is 1. The highest BCUT2D eigenvalue weighted by atomic mass is 32.3. The minimum absolute atomic E-state index is 0.0822. The molecule has 0 aliphatic rings. The molecule has 11 N–H and O–H groups in total. The summed E-state index contributed by atoms with van der Waals surface area (Å²) >= 11 is 0. The van der Waals surface area contributed by atoms with Crippen LogP contribution in [0.15, 0.2) is 115 Å². The first kappa shape index (κ1) is 47.6. The van der Waals surface area contributed by atoms with Crippen LogP contribution in [0.1, 0.15) is 10.4 Å². The van der Waals surface area contributed by atoms with E-state index in [1.165, 1.54) is 41.2 Å². The number of hydrogen-bond acceptors (Lipinski definition) is 21. The van der Waals surface area contributed by atoms with E-state index in [4.69, 9.17) is 16.0 Å². The van der Waals surface area contributed by atoms with Crippen LogP contribution in [0.4, 0.5) is 40.3 Å². The molecule has 0 unspecified atom stereocenters. The highest BCUT2D eigenvalue weighted by Gasteiger charge is 2.26. The molecule has 0 saturated heterocycles. The standard InChI is InChI=1S/C33H28N10O17S5/c34-28-26(64(54,55)56)14-18-13-22(62(48,49)50)16-24(44)27(18)29(28)42-41-23-15-20(3-6-25(23)63(51,52)53)37-32-38-31(39-33(40-32)43-9-7-17(8-10-43)30(35)45)36-19-1-4-21(5-2-19)61(46,47)12-11-60-65(57,58)59/h1-10,13-16,34H,11-12,35H2,(H7,36,37,38,39,40,45,48,49,50,51,52,53,54,55,56,57,58,59)/p+1. The number of primary amides is 1. The number of pyridine rings is 1. The molecule has 4 aromatic carbocycles. The Bertz CT molecular complexity index is 3530. The molecule has 0 aliphatic heterocycles. The summed E-state index contributed by atoms with van der Waals surface area (Å²) in [6.07, 6.45) is 2.73. The van der Waals surface area contributed by atoms with Gasteiger partial charge in [0.1, 0.15) is 26.9 Å². The number of phenols is 1. The Hall–Kier alpha value is -6.88. The highest BCUT2D eigenvalue weighted by Crippen LogP contribution is 2.44. The van der Waals surface area contributed by atoms with Crippen molar-refractivity contribution in [3.63, 3.8) is 0 Å². The first-order valence-electron chi connectivity index (χ1n) is 17.2. The molecule has 6 aromatic rings. The molecule has 0 aliphatic carbocycles. The second-order valence-electron chi connectivity index (χ2n) is 13.0. The third-order valence-corrected chi connectivity index (χ3v) is 13.3. The van der Waals surface area contributed by atoms with Crippen LogP contribution in [0, 0.1) is 0 Å². The summed E-state index contributed by atoms with van der Waals surface area (Å²) in [6, 6.07) is 12.4. The Labute approximate surface area is 366 Å². The van der Waals surface area contributed by atoms with Crippen LogP contribution in [0.3, 0.4) is 0 Å². The maximum absolute atomic E-state index is 12.7. The van der Waals surface area contributed by atoms with E-state index in [-0.39, 0.29) is 39.7 Å². The molecule has 342 valence electrons. The lowest BCUT2D eigenvalue weighted by Crippen LogP contribution is -2.33. The second-order valence-corrected chi connectivity index (χ2v) is 20.4. The second kappa shape index (κ2) is 17.6. The van der Waals surface area contributed by atoms with Crippen LogP contribution in [-0.2, 0) is 54.8 Å². The van der Waals surface area contributed by atoms with Gasteiger partial charge in [0.15, 0.2) is 9.84 Å². The van der Waals surface area contributed by atoms with Gasteiger partial charge in [-0.1, -0.05) is 0 Å². The van der Waals surface area contributed by atoms with Crippen LogP contribution in [0.25, 0.3) is 16.7 Å². The monoisotopic (exact) mass is 997 g/mol. The molecule has 0 radical (unpaired) electrons.